The molecule has 2 aromatic rings. The normalized spacial score (nSPS) is 16.2. The summed E-state index contributed by atoms with van der Waals surface area (Å²) in [6.07, 6.45) is 2.83. The molecule has 140 valence electrons. The SMILES string of the molecule is CSCc1cc(F)ccc1CN=C(N)NC1CCOc2ccccc21.I. The first-order valence-electron chi connectivity index (χ1n) is 8.22. The van der Waals surface area contributed by atoms with E-state index in [1.165, 1.54) is 6.07 Å². The van der Waals surface area contributed by atoms with Gasteiger partial charge in [-0.1, -0.05) is 24.3 Å². The highest BCUT2D eigenvalue weighted by Gasteiger charge is 2.21. The number of fused-ring (bicyclic) bond motifs is 1. The number of benzene rings is 2. The zero-order valence-electron chi connectivity index (χ0n) is 14.6. The topological polar surface area (TPSA) is 59.6 Å². The van der Waals surface area contributed by atoms with Crippen LogP contribution in [0.2, 0.25) is 0 Å². The van der Waals surface area contributed by atoms with E-state index < -0.39 is 0 Å². The number of hydrogen-bond donors (Lipinski definition) is 2. The maximum atomic E-state index is 13.4. The highest BCUT2D eigenvalue weighted by Crippen LogP contribution is 2.31. The van der Waals surface area contributed by atoms with Crippen molar-refractivity contribution in [2.45, 2.75) is 24.8 Å². The number of para-hydroxylation sites is 1. The first kappa shape index (κ1) is 20.8. The molecule has 7 heteroatoms. The molecule has 0 fully saturated rings. The Hall–Kier alpha value is -1.48. The van der Waals surface area contributed by atoms with E-state index in [0.29, 0.717) is 19.1 Å². The van der Waals surface area contributed by atoms with Crippen LogP contribution in [0.5, 0.6) is 5.75 Å². The third-order valence-electron chi connectivity index (χ3n) is 4.17. The second-order valence-corrected chi connectivity index (χ2v) is 6.79. The number of rotatable bonds is 5. The lowest BCUT2D eigenvalue weighted by atomic mass is 10.0. The Morgan fingerprint density at radius 2 is 2.12 bits per heavy atom. The molecule has 2 aromatic carbocycles. The summed E-state index contributed by atoms with van der Waals surface area (Å²) in [4.78, 5) is 4.44. The fourth-order valence-corrected chi connectivity index (χ4v) is 3.50. The second-order valence-electron chi connectivity index (χ2n) is 5.92. The zero-order chi connectivity index (χ0) is 17.6. The number of aliphatic imine (C=N–C) groups is 1. The largest absolute Gasteiger partial charge is 0.493 e. The monoisotopic (exact) mass is 487 g/mol. The number of hydrogen-bond acceptors (Lipinski definition) is 3. The lowest BCUT2D eigenvalue weighted by Gasteiger charge is -2.27. The van der Waals surface area contributed by atoms with Gasteiger partial charge in [-0.2, -0.15) is 11.8 Å². The van der Waals surface area contributed by atoms with Crippen molar-refractivity contribution in [3.8, 4) is 5.75 Å². The standard InChI is InChI=1S/C19H22FN3OS.HI/c1-25-12-14-10-15(20)7-6-13(14)11-22-19(21)23-17-8-9-24-18-5-3-2-4-16(17)18;/h2-7,10,17H,8-9,11-12H2,1H3,(H3,21,22,23);1H. The minimum Gasteiger partial charge on any atom is -0.493 e. The fraction of sp³-hybridized carbons (Fsp3) is 0.316. The molecule has 0 radical (unpaired) electrons. The van der Waals surface area contributed by atoms with Gasteiger partial charge in [0.15, 0.2) is 5.96 Å². The van der Waals surface area contributed by atoms with Gasteiger partial charge in [0.05, 0.1) is 19.2 Å². The first-order chi connectivity index (χ1) is 12.2. The molecule has 0 amide bonds. The van der Waals surface area contributed by atoms with Gasteiger partial charge in [-0.3, -0.25) is 0 Å². The smallest absolute Gasteiger partial charge is 0.189 e. The van der Waals surface area contributed by atoms with Crippen molar-refractivity contribution in [2.75, 3.05) is 12.9 Å². The highest BCUT2D eigenvalue weighted by molar-refractivity contribution is 14.0. The van der Waals surface area contributed by atoms with E-state index in [-0.39, 0.29) is 35.8 Å². The summed E-state index contributed by atoms with van der Waals surface area (Å²) in [5.74, 6) is 1.81. The predicted octanol–water partition coefficient (Wildman–Crippen LogP) is 4.23. The lowest BCUT2D eigenvalue weighted by molar-refractivity contribution is 0.262. The molecule has 1 atom stereocenters. The van der Waals surface area contributed by atoms with Gasteiger partial charge in [0, 0.05) is 17.7 Å². The predicted molar refractivity (Wildman–Crippen MR) is 117 cm³/mol. The number of nitrogens with zero attached hydrogens (tertiary/aromatic N) is 1. The van der Waals surface area contributed by atoms with Crippen LogP contribution in [0.4, 0.5) is 4.39 Å². The molecule has 4 nitrogen and oxygen atoms in total. The molecule has 1 aliphatic rings. The number of ether oxygens (including phenoxy) is 1. The summed E-state index contributed by atoms with van der Waals surface area (Å²) in [6, 6.07) is 12.9. The van der Waals surface area contributed by atoms with Gasteiger partial charge in [0.25, 0.3) is 0 Å². The van der Waals surface area contributed by atoms with Crippen LogP contribution >= 0.6 is 35.7 Å². The van der Waals surface area contributed by atoms with Gasteiger partial charge in [0.1, 0.15) is 11.6 Å². The van der Waals surface area contributed by atoms with E-state index in [1.807, 2.05) is 30.5 Å². The van der Waals surface area contributed by atoms with Crippen molar-refractivity contribution in [2.24, 2.45) is 10.7 Å². The number of guanidine groups is 1. The van der Waals surface area contributed by atoms with Gasteiger partial charge in [-0.05, 0) is 35.6 Å². The summed E-state index contributed by atoms with van der Waals surface area (Å²) >= 11 is 1.66. The number of halogens is 2. The average Bonchev–Trinajstić information content (AvgIpc) is 2.62. The number of nitrogens with one attached hydrogen (secondary N) is 1. The van der Waals surface area contributed by atoms with Gasteiger partial charge in [0.2, 0.25) is 0 Å². The van der Waals surface area contributed by atoms with Crippen molar-refractivity contribution in [3.05, 3.63) is 65.0 Å². The Morgan fingerprint density at radius 1 is 1.31 bits per heavy atom. The molecule has 3 N–H and O–H groups in total. The van der Waals surface area contributed by atoms with E-state index in [9.17, 15) is 4.39 Å². The molecule has 1 heterocycles. The minimum absolute atomic E-state index is 0. The van der Waals surface area contributed by atoms with Crippen LogP contribution in [0.15, 0.2) is 47.5 Å². The minimum atomic E-state index is -0.221. The molecule has 0 bridgehead atoms. The second kappa shape index (κ2) is 10.0. The third kappa shape index (κ3) is 5.26. The van der Waals surface area contributed by atoms with Crippen LogP contribution in [0.3, 0.4) is 0 Å². The van der Waals surface area contributed by atoms with Crippen LogP contribution in [-0.2, 0) is 12.3 Å². The van der Waals surface area contributed by atoms with Gasteiger partial charge in [-0.25, -0.2) is 9.38 Å². The molecule has 0 saturated carbocycles. The first-order valence-corrected chi connectivity index (χ1v) is 9.61. The maximum absolute atomic E-state index is 13.4. The number of nitrogens with two attached hydrogens (primary N) is 1. The maximum Gasteiger partial charge on any atom is 0.189 e. The molecular formula is C19H23FIN3OS. The molecule has 0 aliphatic carbocycles. The zero-order valence-corrected chi connectivity index (χ0v) is 17.7. The summed E-state index contributed by atoms with van der Waals surface area (Å²) in [7, 11) is 0. The van der Waals surface area contributed by atoms with E-state index in [2.05, 4.69) is 10.3 Å². The molecule has 3 rings (SSSR count). The van der Waals surface area contributed by atoms with E-state index in [4.69, 9.17) is 10.5 Å². The molecule has 1 unspecified atom stereocenters. The highest BCUT2D eigenvalue weighted by atomic mass is 127. The fourth-order valence-electron chi connectivity index (χ4n) is 2.93. The summed E-state index contributed by atoms with van der Waals surface area (Å²) in [5.41, 5.74) is 9.13. The molecule has 26 heavy (non-hydrogen) atoms. The lowest BCUT2D eigenvalue weighted by Crippen LogP contribution is -2.37. The van der Waals surface area contributed by atoms with Gasteiger partial charge >= 0.3 is 0 Å². The van der Waals surface area contributed by atoms with Crippen LogP contribution in [0, 0.1) is 5.82 Å². The Morgan fingerprint density at radius 3 is 2.92 bits per heavy atom. The van der Waals surface area contributed by atoms with E-state index in [1.54, 1.807) is 23.9 Å². The number of thioether (sulfide) groups is 1. The Balaban J connectivity index is 0.00000243. The van der Waals surface area contributed by atoms with Crippen molar-refractivity contribution in [3.63, 3.8) is 0 Å². The Labute approximate surface area is 174 Å². The average molecular weight is 487 g/mol. The summed E-state index contributed by atoms with van der Waals surface area (Å²) < 4.78 is 19.1. The summed E-state index contributed by atoms with van der Waals surface area (Å²) in [5, 5.41) is 3.28. The Bertz CT molecular complexity index is 772. The summed E-state index contributed by atoms with van der Waals surface area (Å²) in [6.45, 7) is 1.08. The van der Waals surface area contributed by atoms with Crippen molar-refractivity contribution in [1.29, 1.82) is 0 Å². The molecule has 1 aliphatic heterocycles. The van der Waals surface area contributed by atoms with E-state index in [0.717, 1.165) is 34.6 Å². The van der Waals surface area contributed by atoms with Crippen molar-refractivity contribution in [1.82, 2.24) is 5.32 Å². The molecule has 0 spiro atoms. The van der Waals surface area contributed by atoms with Crippen LogP contribution in [0.25, 0.3) is 0 Å². The van der Waals surface area contributed by atoms with Crippen LogP contribution in [-0.4, -0.2) is 18.8 Å². The molecule has 0 aromatic heterocycles. The third-order valence-corrected chi connectivity index (χ3v) is 4.77. The quantitative estimate of drug-likeness (QED) is 0.377. The van der Waals surface area contributed by atoms with Gasteiger partial charge < -0.3 is 15.8 Å². The van der Waals surface area contributed by atoms with E-state index >= 15 is 0 Å². The Kier molecular flexibility index (Phi) is 8.02. The van der Waals surface area contributed by atoms with Crippen molar-refractivity contribution >= 4 is 41.7 Å². The van der Waals surface area contributed by atoms with Crippen LogP contribution < -0.4 is 15.8 Å². The molecule has 0 saturated heterocycles. The van der Waals surface area contributed by atoms with Crippen molar-refractivity contribution < 1.29 is 9.13 Å². The molecular weight excluding hydrogens is 464 g/mol. The van der Waals surface area contributed by atoms with Gasteiger partial charge in [-0.15, -0.1) is 24.0 Å². The van der Waals surface area contributed by atoms with Crippen LogP contribution in [0.1, 0.15) is 29.2 Å².